The number of carbonyl (C=O) groups is 2. The maximum Gasteiger partial charge on any atom is 0.325 e. The molecular formula is C16H18N2O4. The van der Waals surface area contributed by atoms with Gasteiger partial charge in [0.05, 0.1) is 0 Å². The molecular weight excluding hydrogens is 284 g/mol. The lowest BCUT2D eigenvalue weighted by molar-refractivity contribution is -0.143. The van der Waals surface area contributed by atoms with Gasteiger partial charge in [0.15, 0.2) is 0 Å². The zero-order valence-corrected chi connectivity index (χ0v) is 12.8. The largest absolute Gasteiger partial charge is 0.458 e. The van der Waals surface area contributed by atoms with Gasteiger partial charge in [-0.25, -0.2) is 0 Å². The van der Waals surface area contributed by atoms with E-state index in [2.05, 4.69) is 10.5 Å². The molecule has 0 radical (unpaired) electrons. The van der Waals surface area contributed by atoms with E-state index in [1.807, 2.05) is 19.9 Å². The molecule has 22 heavy (non-hydrogen) atoms. The van der Waals surface area contributed by atoms with Gasteiger partial charge >= 0.3 is 5.97 Å². The van der Waals surface area contributed by atoms with Gasteiger partial charge in [-0.3, -0.25) is 9.59 Å². The number of amides is 1. The maximum absolute atomic E-state index is 11.9. The van der Waals surface area contributed by atoms with Crippen LogP contribution in [0.25, 0.3) is 0 Å². The van der Waals surface area contributed by atoms with Crippen LogP contribution in [0, 0.1) is 20.8 Å². The highest BCUT2D eigenvalue weighted by Crippen LogP contribution is 2.09. The Kier molecular flexibility index (Phi) is 4.93. The minimum atomic E-state index is -0.530. The Morgan fingerprint density at radius 3 is 2.59 bits per heavy atom. The van der Waals surface area contributed by atoms with Gasteiger partial charge in [-0.05, 0) is 44.0 Å². The molecule has 0 aliphatic heterocycles. The zero-order valence-electron chi connectivity index (χ0n) is 12.8. The molecule has 1 amide bonds. The van der Waals surface area contributed by atoms with Crippen molar-refractivity contribution in [1.29, 1.82) is 0 Å². The van der Waals surface area contributed by atoms with Gasteiger partial charge in [0.25, 0.3) is 5.91 Å². The zero-order chi connectivity index (χ0) is 16.1. The summed E-state index contributed by atoms with van der Waals surface area (Å²) in [5, 5.41) is 6.24. The molecule has 0 atom stereocenters. The standard InChI is InChI=1S/C16H18N2O4/c1-10-4-5-13(6-11(10)2)16(20)17-8-15(19)21-9-14-7-12(3)22-18-14/h4-7H,8-9H2,1-3H3,(H,17,20). The Bertz CT molecular complexity index is 691. The van der Waals surface area contributed by atoms with Crippen molar-refractivity contribution in [3.63, 3.8) is 0 Å². The van der Waals surface area contributed by atoms with Gasteiger partial charge in [0, 0.05) is 11.6 Å². The minimum Gasteiger partial charge on any atom is -0.458 e. The highest BCUT2D eigenvalue weighted by molar-refractivity contribution is 5.96. The first kappa shape index (κ1) is 15.8. The summed E-state index contributed by atoms with van der Waals surface area (Å²) in [5.74, 6) is -0.191. The van der Waals surface area contributed by atoms with Crippen LogP contribution in [-0.2, 0) is 16.1 Å². The predicted octanol–water partition coefficient (Wildman–Crippen LogP) is 2.07. The molecule has 0 aliphatic rings. The van der Waals surface area contributed by atoms with Crippen molar-refractivity contribution >= 4 is 11.9 Å². The fourth-order valence-electron chi connectivity index (χ4n) is 1.83. The van der Waals surface area contributed by atoms with E-state index in [-0.39, 0.29) is 19.1 Å². The van der Waals surface area contributed by atoms with Crippen molar-refractivity contribution in [3.05, 3.63) is 52.4 Å². The first-order valence-corrected chi connectivity index (χ1v) is 6.89. The molecule has 1 heterocycles. The average Bonchev–Trinajstić information content (AvgIpc) is 2.91. The second-order valence-corrected chi connectivity index (χ2v) is 5.07. The van der Waals surface area contributed by atoms with Crippen LogP contribution in [0.4, 0.5) is 0 Å². The Hall–Kier alpha value is -2.63. The summed E-state index contributed by atoms with van der Waals surface area (Å²) in [6, 6.07) is 7.06. The molecule has 0 aliphatic carbocycles. The average molecular weight is 302 g/mol. The summed E-state index contributed by atoms with van der Waals surface area (Å²) in [5.41, 5.74) is 3.19. The second kappa shape index (κ2) is 6.89. The Morgan fingerprint density at radius 2 is 1.95 bits per heavy atom. The number of esters is 1. The summed E-state index contributed by atoms with van der Waals surface area (Å²) in [6.45, 7) is 5.49. The smallest absolute Gasteiger partial charge is 0.325 e. The molecule has 0 unspecified atom stereocenters. The molecule has 1 aromatic heterocycles. The first-order valence-electron chi connectivity index (χ1n) is 6.89. The first-order chi connectivity index (χ1) is 10.5. The predicted molar refractivity (Wildman–Crippen MR) is 79.3 cm³/mol. The van der Waals surface area contributed by atoms with Crippen molar-refractivity contribution in [2.75, 3.05) is 6.54 Å². The van der Waals surface area contributed by atoms with Crippen LogP contribution in [0.3, 0.4) is 0 Å². The van der Waals surface area contributed by atoms with Gasteiger partial charge in [-0.15, -0.1) is 0 Å². The third-order valence-electron chi connectivity index (χ3n) is 3.22. The summed E-state index contributed by atoms with van der Waals surface area (Å²) in [7, 11) is 0. The van der Waals surface area contributed by atoms with Crippen molar-refractivity contribution in [1.82, 2.24) is 10.5 Å². The number of benzene rings is 1. The molecule has 0 saturated carbocycles. The van der Waals surface area contributed by atoms with E-state index in [0.29, 0.717) is 17.0 Å². The molecule has 116 valence electrons. The molecule has 0 fully saturated rings. The number of rotatable bonds is 5. The number of hydrogen-bond donors (Lipinski definition) is 1. The van der Waals surface area contributed by atoms with Crippen LogP contribution in [0.2, 0.25) is 0 Å². The van der Waals surface area contributed by atoms with Gasteiger partial charge in [-0.1, -0.05) is 11.2 Å². The third kappa shape index (κ3) is 4.18. The number of carbonyl (C=O) groups excluding carboxylic acids is 2. The van der Waals surface area contributed by atoms with E-state index in [9.17, 15) is 9.59 Å². The Balaban J connectivity index is 1.80. The number of aromatic nitrogens is 1. The summed E-state index contributed by atoms with van der Waals surface area (Å²) < 4.78 is 9.86. The van der Waals surface area contributed by atoms with E-state index < -0.39 is 5.97 Å². The molecule has 1 aromatic carbocycles. The lowest BCUT2D eigenvalue weighted by atomic mass is 10.1. The summed E-state index contributed by atoms with van der Waals surface area (Å²) in [4.78, 5) is 23.5. The molecule has 0 bridgehead atoms. The van der Waals surface area contributed by atoms with E-state index in [1.54, 1.807) is 25.1 Å². The number of nitrogens with one attached hydrogen (secondary N) is 1. The number of aryl methyl sites for hydroxylation is 3. The number of hydrogen-bond acceptors (Lipinski definition) is 5. The summed E-state index contributed by atoms with van der Waals surface area (Å²) >= 11 is 0. The normalized spacial score (nSPS) is 10.3. The second-order valence-electron chi connectivity index (χ2n) is 5.07. The van der Waals surface area contributed by atoms with Gasteiger partial charge in [0.2, 0.25) is 0 Å². The topological polar surface area (TPSA) is 81.4 Å². The lowest BCUT2D eigenvalue weighted by Crippen LogP contribution is -2.30. The Labute approximate surface area is 128 Å². The van der Waals surface area contributed by atoms with E-state index in [4.69, 9.17) is 9.26 Å². The van der Waals surface area contributed by atoms with Crippen molar-refractivity contribution < 1.29 is 18.8 Å². The van der Waals surface area contributed by atoms with Gasteiger partial charge in [0.1, 0.15) is 24.6 Å². The van der Waals surface area contributed by atoms with E-state index in [1.165, 1.54) is 0 Å². The minimum absolute atomic E-state index is 0.0235. The molecule has 6 nitrogen and oxygen atoms in total. The fraction of sp³-hybridized carbons (Fsp3) is 0.312. The number of nitrogens with zero attached hydrogens (tertiary/aromatic N) is 1. The SMILES string of the molecule is Cc1cc(COC(=O)CNC(=O)c2ccc(C)c(C)c2)no1. The Morgan fingerprint density at radius 1 is 1.18 bits per heavy atom. The van der Waals surface area contributed by atoms with Crippen LogP contribution in [0.1, 0.15) is 32.9 Å². The fourth-order valence-corrected chi connectivity index (χ4v) is 1.83. The number of ether oxygens (including phenoxy) is 1. The van der Waals surface area contributed by atoms with Crippen LogP contribution in [0.5, 0.6) is 0 Å². The van der Waals surface area contributed by atoms with Crippen molar-refractivity contribution in [2.45, 2.75) is 27.4 Å². The van der Waals surface area contributed by atoms with Gasteiger partial charge < -0.3 is 14.6 Å². The molecule has 0 spiro atoms. The van der Waals surface area contributed by atoms with E-state index >= 15 is 0 Å². The molecule has 2 aromatic rings. The monoisotopic (exact) mass is 302 g/mol. The van der Waals surface area contributed by atoms with Crippen LogP contribution >= 0.6 is 0 Å². The third-order valence-corrected chi connectivity index (χ3v) is 3.22. The highest BCUT2D eigenvalue weighted by atomic mass is 16.5. The van der Waals surface area contributed by atoms with Gasteiger partial charge in [-0.2, -0.15) is 0 Å². The molecule has 1 N–H and O–H groups in total. The molecule has 2 rings (SSSR count). The lowest BCUT2D eigenvalue weighted by Gasteiger charge is -2.07. The van der Waals surface area contributed by atoms with Crippen LogP contribution < -0.4 is 5.32 Å². The van der Waals surface area contributed by atoms with Crippen molar-refractivity contribution in [3.8, 4) is 0 Å². The van der Waals surface area contributed by atoms with E-state index in [0.717, 1.165) is 11.1 Å². The quantitative estimate of drug-likeness (QED) is 0.855. The highest BCUT2D eigenvalue weighted by Gasteiger charge is 2.10. The van der Waals surface area contributed by atoms with Crippen LogP contribution in [-0.4, -0.2) is 23.6 Å². The van der Waals surface area contributed by atoms with Crippen LogP contribution in [0.15, 0.2) is 28.8 Å². The molecule has 0 saturated heterocycles. The van der Waals surface area contributed by atoms with Crippen molar-refractivity contribution in [2.24, 2.45) is 0 Å². The summed E-state index contributed by atoms with van der Waals surface area (Å²) in [6.07, 6.45) is 0. The molecule has 6 heteroatoms. The maximum atomic E-state index is 11.9.